The SMILES string of the molecule is CCCC(CNC(=O)c1ccc(OC)cc1F)C(=O)O. The molecule has 1 amide bonds. The van der Waals surface area contributed by atoms with Crippen LogP contribution in [0.15, 0.2) is 18.2 Å². The molecule has 0 saturated carbocycles. The van der Waals surface area contributed by atoms with Gasteiger partial charge in [0.25, 0.3) is 5.91 Å². The van der Waals surface area contributed by atoms with Crippen molar-refractivity contribution in [3.8, 4) is 5.75 Å². The zero-order valence-corrected chi connectivity index (χ0v) is 11.5. The Kier molecular flexibility index (Phi) is 5.96. The van der Waals surface area contributed by atoms with Gasteiger partial charge >= 0.3 is 5.97 Å². The molecular formula is C14H18FNO4. The van der Waals surface area contributed by atoms with E-state index in [1.807, 2.05) is 6.92 Å². The first kappa shape index (κ1) is 15.9. The fraction of sp³-hybridized carbons (Fsp3) is 0.429. The monoisotopic (exact) mass is 283 g/mol. The molecule has 0 spiro atoms. The second-order valence-electron chi connectivity index (χ2n) is 4.38. The number of rotatable bonds is 7. The van der Waals surface area contributed by atoms with Crippen LogP contribution < -0.4 is 10.1 Å². The number of ether oxygens (including phenoxy) is 1. The summed E-state index contributed by atoms with van der Waals surface area (Å²) in [6.45, 7) is 1.84. The van der Waals surface area contributed by atoms with Gasteiger partial charge in [0.05, 0.1) is 18.6 Å². The Morgan fingerprint density at radius 2 is 2.15 bits per heavy atom. The molecule has 5 nitrogen and oxygen atoms in total. The molecule has 0 aromatic heterocycles. The van der Waals surface area contributed by atoms with E-state index in [1.54, 1.807) is 0 Å². The molecule has 6 heteroatoms. The summed E-state index contributed by atoms with van der Waals surface area (Å²) in [4.78, 5) is 22.8. The number of methoxy groups -OCH3 is 1. The number of benzene rings is 1. The van der Waals surface area contributed by atoms with Crippen LogP contribution in [0.2, 0.25) is 0 Å². The maximum atomic E-state index is 13.7. The van der Waals surface area contributed by atoms with Crippen molar-refractivity contribution in [2.45, 2.75) is 19.8 Å². The highest BCUT2D eigenvalue weighted by molar-refractivity contribution is 5.94. The average Bonchev–Trinajstić information content (AvgIpc) is 2.42. The molecule has 0 fully saturated rings. The summed E-state index contributed by atoms with van der Waals surface area (Å²) in [6.07, 6.45) is 1.16. The Labute approximate surface area is 116 Å². The number of carbonyl (C=O) groups excluding carboxylic acids is 1. The summed E-state index contributed by atoms with van der Waals surface area (Å²) >= 11 is 0. The van der Waals surface area contributed by atoms with E-state index in [2.05, 4.69) is 5.32 Å². The van der Waals surface area contributed by atoms with Crippen molar-refractivity contribution in [2.75, 3.05) is 13.7 Å². The Morgan fingerprint density at radius 1 is 1.45 bits per heavy atom. The maximum absolute atomic E-state index is 13.7. The van der Waals surface area contributed by atoms with Crippen molar-refractivity contribution in [2.24, 2.45) is 5.92 Å². The Balaban J connectivity index is 2.69. The summed E-state index contributed by atoms with van der Waals surface area (Å²) in [7, 11) is 1.40. The van der Waals surface area contributed by atoms with Crippen LogP contribution in [0.5, 0.6) is 5.75 Å². The normalized spacial score (nSPS) is 11.8. The van der Waals surface area contributed by atoms with Gasteiger partial charge in [-0.25, -0.2) is 4.39 Å². The Bertz CT molecular complexity index is 490. The van der Waals surface area contributed by atoms with Crippen LogP contribution in [-0.4, -0.2) is 30.6 Å². The smallest absolute Gasteiger partial charge is 0.308 e. The van der Waals surface area contributed by atoms with E-state index in [9.17, 15) is 14.0 Å². The lowest BCUT2D eigenvalue weighted by atomic mass is 10.0. The van der Waals surface area contributed by atoms with Crippen LogP contribution in [0, 0.1) is 11.7 Å². The van der Waals surface area contributed by atoms with Crippen molar-refractivity contribution in [1.29, 1.82) is 0 Å². The molecule has 1 aromatic carbocycles. The van der Waals surface area contributed by atoms with E-state index in [1.165, 1.54) is 19.2 Å². The molecule has 0 aliphatic carbocycles. The molecule has 1 aromatic rings. The highest BCUT2D eigenvalue weighted by atomic mass is 19.1. The third-order valence-electron chi connectivity index (χ3n) is 2.92. The highest BCUT2D eigenvalue weighted by Gasteiger charge is 2.19. The molecule has 0 aliphatic heterocycles. The van der Waals surface area contributed by atoms with E-state index in [0.29, 0.717) is 18.6 Å². The van der Waals surface area contributed by atoms with Crippen LogP contribution >= 0.6 is 0 Å². The van der Waals surface area contributed by atoms with Crippen LogP contribution in [0.4, 0.5) is 4.39 Å². The molecule has 0 bridgehead atoms. The van der Waals surface area contributed by atoms with E-state index < -0.39 is 23.6 Å². The summed E-state index contributed by atoms with van der Waals surface area (Å²) in [5, 5.41) is 11.4. The minimum absolute atomic E-state index is 0.0204. The molecule has 1 rings (SSSR count). The minimum Gasteiger partial charge on any atom is -0.497 e. The number of hydrogen-bond acceptors (Lipinski definition) is 3. The summed E-state index contributed by atoms with van der Waals surface area (Å²) in [6, 6.07) is 3.88. The number of halogens is 1. The molecule has 2 N–H and O–H groups in total. The number of aliphatic carboxylic acids is 1. The molecular weight excluding hydrogens is 265 g/mol. The Morgan fingerprint density at radius 3 is 2.65 bits per heavy atom. The number of amides is 1. The predicted octanol–water partition coefficient (Wildman–Crippen LogP) is 2.06. The van der Waals surface area contributed by atoms with Crippen molar-refractivity contribution in [1.82, 2.24) is 5.32 Å². The van der Waals surface area contributed by atoms with Gasteiger partial charge in [0.15, 0.2) is 0 Å². The lowest BCUT2D eigenvalue weighted by Gasteiger charge is -2.12. The largest absolute Gasteiger partial charge is 0.497 e. The van der Waals surface area contributed by atoms with Crippen LogP contribution in [0.3, 0.4) is 0 Å². The van der Waals surface area contributed by atoms with Gasteiger partial charge in [-0.3, -0.25) is 9.59 Å². The van der Waals surface area contributed by atoms with E-state index in [0.717, 1.165) is 6.07 Å². The van der Waals surface area contributed by atoms with Crippen LogP contribution in [0.1, 0.15) is 30.1 Å². The highest BCUT2D eigenvalue weighted by Crippen LogP contribution is 2.16. The number of nitrogens with one attached hydrogen (secondary N) is 1. The molecule has 20 heavy (non-hydrogen) atoms. The first-order valence-corrected chi connectivity index (χ1v) is 6.34. The summed E-state index contributed by atoms with van der Waals surface area (Å²) in [5.74, 6) is -2.65. The lowest BCUT2D eigenvalue weighted by Crippen LogP contribution is -2.33. The number of carboxylic acids is 1. The average molecular weight is 283 g/mol. The summed E-state index contributed by atoms with van der Waals surface area (Å²) < 4.78 is 18.5. The zero-order valence-electron chi connectivity index (χ0n) is 11.5. The molecule has 0 radical (unpaired) electrons. The fourth-order valence-corrected chi connectivity index (χ4v) is 1.78. The number of carboxylic acid groups (broad SMARTS) is 1. The first-order valence-electron chi connectivity index (χ1n) is 6.34. The molecule has 0 saturated heterocycles. The van der Waals surface area contributed by atoms with Crippen molar-refractivity contribution < 1.29 is 23.8 Å². The quantitative estimate of drug-likeness (QED) is 0.803. The van der Waals surface area contributed by atoms with Gasteiger partial charge in [0.1, 0.15) is 11.6 Å². The van der Waals surface area contributed by atoms with Gasteiger partial charge in [0, 0.05) is 12.6 Å². The van der Waals surface area contributed by atoms with Crippen molar-refractivity contribution in [3.63, 3.8) is 0 Å². The zero-order chi connectivity index (χ0) is 15.1. The van der Waals surface area contributed by atoms with E-state index >= 15 is 0 Å². The molecule has 110 valence electrons. The van der Waals surface area contributed by atoms with Gasteiger partial charge in [0.2, 0.25) is 0 Å². The molecule has 0 aliphatic rings. The third kappa shape index (κ3) is 4.22. The Hall–Kier alpha value is -2.11. The van der Waals surface area contributed by atoms with E-state index in [4.69, 9.17) is 9.84 Å². The van der Waals surface area contributed by atoms with Crippen molar-refractivity contribution >= 4 is 11.9 Å². The van der Waals surface area contributed by atoms with Gasteiger partial charge in [-0.05, 0) is 18.6 Å². The molecule has 0 heterocycles. The van der Waals surface area contributed by atoms with E-state index in [-0.39, 0.29) is 12.1 Å². The predicted molar refractivity (Wildman–Crippen MR) is 71.3 cm³/mol. The second-order valence-corrected chi connectivity index (χ2v) is 4.38. The van der Waals surface area contributed by atoms with Gasteiger partial charge in [-0.2, -0.15) is 0 Å². The first-order chi connectivity index (χ1) is 9.49. The minimum atomic E-state index is -0.970. The number of carbonyl (C=O) groups is 2. The molecule has 1 unspecified atom stereocenters. The fourth-order valence-electron chi connectivity index (χ4n) is 1.78. The number of hydrogen-bond donors (Lipinski definition) is 2. The maximum Gasteiger partial charge on any atom is 0.308 e. The van der Waals surface area contributed by atoms with Gasteiger partial charge < -0.3 is 15.2 Å². The molecule has 1 atom stereocenters. The van der Waals surface area contributed by atoms with Crippen molar-refractivity contribution in [3.05, 3.63) is 29.6 Å². The second kappa shape index (κ2) is 7.47. The van der Waals surface area contributed by atoms with Crippen LogP contribution in [-0.2, 0) is 4.79 Å². The van der Waals surface area contributed by atoms with Gasteiger partial charge in [-0.1, -0.05) is 13.3 Å². The topological polar surface area (TPSA) is 75.6 Å². The van der Waals surface area contributed by atoms with Gasteiger partial charge in [-0.15, -0.1) is 0 Å². The lowest BCUT2D eigenvalue weighted by molar-refractivity contribution is -0.141. The summed E-state index contributed by atoms with van der Waals surface area (Å²) in [5.41, 5.74) is -0.133. The standard InChI is InChI=1S/C14H18FNO4/c1-3-4-9(14(18)19)8-16-13(17)11-6-5-10(20-2)7-12(11)15/h5-7,9H,3-4,8H2,1-2H3,(H,16,17)(H,18,19). The third-order valence-corrected chi connectivity index (χ3v) is 2.92. The van der Waals surface area contributed by atoms with Crippen LogP contribution in [0.25, 0.3) is 0 Å².